The Morgan fingerprint density at radius 3 is 2.93 bits per heavy atom. The fourth-order valence-corrected chi connectivity index (χ4v) is 4.55. The minimum Gasteiger partial charge on any atom is -0.370 e. The zero-order valence-electron chi connectivity index (χ0n) is 16.7. The Bertz CT molecular complexity index is 952. The number of hydrogen-bond acceptors (Lipinski definition) is 5. The number of hydrogen-bond donors (Lipinski definition) is 2. The number of nitrogens with zero attached hydrogens (tertiary/aromatic N) is 3. The summed E-state index contributed by atoms with van der Waals surface area (Å²) in [5, 5.41) is 16.4. The first-order valence-corrected chi connectivity index (χ1v) is 10.4. The number of rotatable bonds is 4. The van der Waals surface area contributed by atoms with Gasteiger partial charge in [0.05, 0.1) is 22.9 Å². The number of aromatic nitrogens is 1. The quantitative estimate of drug-likeness (QED) is 0.806. The molecule has 4 rings (SSSR count). The van der Waals surface area contributed by atoms with Gasteiger partial charge in [0.2, 0.25) is 12.3 Å². The van der Waals surface area contributed by atoms with E-state index in [2.05, 4.69) is 21.7 Å². The van der Waals surface area contributed by atoms with E-state index in [4.69, 9.17) is 0 Å². The molecule has 1 amide bonds. The molecule has 8 heteroatoms. The smallest absolute Gasteiger partial charge is 0.243 e. The van der Waals surface area contributed by atoms with Crippen molar-refractivity contribution in [3.8, 4) is 6.07 Å². The van der Waals surface area contributed by atoms with Crippen LogP contribution in [0.15, 0.2) is 30.5 Å². The summed E-state index contributed by atoms with van der Waals surface area (Å²) in [5.41, 5.74) is 1.72. The van der Waals surface area contributed by atoms with Crippen molar-refractivity contribution >= 4 is 22.5 Å². The Morgan fingerprint density at radius 2 is 2.13 bits per heavy atom. The SMILES string of the molecule is N#Cc1ccc(N2CC(C(=O)NC3CCCNCC3)[C@H](C(F)F)C2)c2cccnc12. The summed E-state index contributed by atoms with van der Waals surface area (Å²) in [6.45, 7) is 2.06. The van der Waals surface area contributed by atoms with Crippen LogP contribution < -0.4 is 15.5 Å². The number of halogens is 2. The van der Waals surface area contributed by atoms with Gasteiger partial charge in [-0.25, -0.2) is 8.78 Å². The fourth-order valence-electron chi connectivity index (χ4n) is 4.55. The first-order valence-electron chi connectivity index (χ1n) is 10.4. The number of pyridine rings is 1. The molecule has 3 atom stereocenters. The topological polar surface area (TPSA) is 81.0 Å². The van der Waals surface area contributed by atoms with Gasteiger partial charge in [-0.3, -0.25) is 9.78 Å². The Labute approximate surface area is 174 Å². The second-order valence-electron chi connectivity index (χ2n) is 8.04. The minimum atomic E-state index is -2.58. The van der Waals surface area contributed by atoms with E-state index in [1.54, 1.807) is 24.4 Å². The molecular weight excluding hydrogens is 388 g/mol. The average Bonchev–Trinajstić information content (AvgIpc) is 3.05. The molecule has 2 aliphatic heterocycles. The zero-order chi connectivity index (χ0) is 21.1. The number of anilines is 1. The molecule has 30 heavy (non-hydrogen) atoms. The van der Waals surface area contributed by atoms with Gasteiger partial charge in [0.1, 0.15) is 6.07 Å². The van der Waals surface area contributed by atoms with Crippen LogP contribution in [0.25, 0.3) is 10.9 Å². The third-order valence-corrected chi connectivity index (χ3v) is 6.16. The summed E-state index contributed by atoms with van der Waals surface area (Å²) < 4.78 is 27.7. The van der Waals surface area contributed by atoms with Gasteiger partial charge in [0, 0.05) is 36.4 Å². The van der Waals surface area contributed by atoms with Crippen molar-refractivity contribution in [1.29, 1.82) is 5.26 Å². The third kappa shape index (κ3) is 4.08. The molecular formula is C22H25F2N5O. The molecule has 0 saturated carbocycles. The largest absolute Gasteiger partial charge is 0.370 e. The fraction of sp³-hybridized carbons (Fsp3) is 0.500. The van der Waals surface area contributed by atoms with E-state index in [1.165, 1.54) is 0 Å². The predicted octanol–water partition coefficient (Wildman–Crippen LogP) is 2.68. The molecule has 6 nitrogen and oxygen atoms in total. The van der Waals surface area contributed by atoms with E-state index >= 15 is 0 Å². The van der Waals surface area contributed by atoms with Gasteiger partial charge in [0.15, 0.2) is 0 Å². The first-order chi connectivity index (χ1) is 14.6. The zero-order valence-corrected chi connectivity index (χ0v) is 16.7. The molecule has 3 heterocycles. The van der Waals surface area contributed by atoms with Gasteiger partial charge < -0.3 is 15.5 Å². The molecule has 2 aromatic rings. The summed E-state index contributed by atoms with van der Waals surface area (Å²) >= 11 is 0. The molecule has 2 saturated heterocycles. The van der Waals surface area contributed by atoms with Gasteiger partial charge in [-0.15, -0.1) is 0 Å². The minimum absolute atomic E-state index is 0.0276. The van der Waals surface area contributed by atoms with E-state index < -0.39 is 18.3 Å². The number of nitriles is 1. The molecule has 0 spiro atoms. The predicted molar refractivity (Wildman–Crippen MR) is 110 cm³/mol. The maximum atomic E-state index is 13.8. The number of nitrogens with one attached hydrogen (secondary N) is 2. The van der Waals surface area contributed by atoms with Crippen molar-refractivity contribution < 1.29 is 13.6 Å². The lowest BCUT2D eigenvalue weighted by molar-refractivity contribution is -0.128. The van der Waals surface area contributed by atoms with Crippen LogP contribution in [0.2, 0.25) is 0 Å². The molecule has 0 radical (unpaired) electrons. The van der Waals surface area contributed by atoms with E-state index in [-0.39, 0.29) is 25.0 Å². The Balaban J connectivity index is 1.58. The lowest BCUT2D eigenvalue weighted by Gasteiger charge is -2.22. The Kier molecular flexibility index (Phi) is 6.09. The van der Waals surface area contributed by atoms with Crippen molar-refractivity contribution in [3.63, 3.8) is 0 Å². The Morgan fingerprint density at radius 1 is 1.27 bits per heavy atom. The van der Waals surface area contributed by atoms with E-state index in [9.17, 15) is 18.8 Å². The lowest BCUT2D eigenvalue weighted by Crippen LogP contribution is -2.42. The normalized spacial score (nSPS) is 24.6. The first kappa shape index (κ1) is 20.5. The van der Waals surface area contributed by atoms with Crippen LogP contribution in [0.4, 0.5) is 14.5 Å². The highest BCUT2D eigenvalue weighted by molar-refractivity contribution is 5.95. The van der Waals surface area contributed by atoms with Gasteiger partial charge in [0.25, 0.3) is 0 Å². The number of carbonyl (C=O) groups is 1. The van der Waals surface area contributed by atoms with Crippen LogP contribution >= 0.6 is 0 Å². The highest BCUT2D eigenvalue weighted by Crippen LogP contribution is 2.36. The summed E-state index contributed by atoms with van der Waals surface area (Å²) in [5.74, 6) is -2.09. The molecule has 0 bridgehead atoms. The number of alkyl halides is 2. The average molecular weight is 413 g/mol. The molecule has 2 aliphatic rings. The molecule has 1 aromatic carbocycles. The van der Waals surface area contributed by atoms with Crippen LogP contribution in [0.5, 0.6) is 0 Å². The highest BCUT2D eigenvalue weighted by atomic mass is 19.3. The number of carbonyl (C=O) groups excluding carboxylic acids is 1. The van der Waals surface area contributed by atoms with Crippen molar-refractivity contribution in [3.05, 3.63) is 36.0 Å². The van der Waals surface area contributed by atoms with Gasteiger partial charge in [-0.05, 0) is 56.6 Å². The van der Waals surface area contributed by atoms with E-state index in [0.717, 1.165) is 43.4 Å². The number of benzene rings is 1. The second kappa shape index (κ2) is 8.92. The molecule has 1 aromatic heterocycles. The van der Waals surface area contributed by atoms with Crippen molar-refractivity contribution in [2.45, 2.75) is 31.7 Å². The van der Waals surface area contributed by atoms with Crippen LogP contribution in [0.3, 0.4) is 0 Å². The maximum absolute atomic E-state index is 13.8. The maximum Gasteiger partial charge on any atom is 0.243 e. The molecule has 2 unspecified atom stereocenters. The summed E-state index contributed by atoms with van der Waals surface area (Å²) in [6, 6.07) is 9.17. The lowest BCUT2D eigenvalue weighted by atomic mass is 9.95. The molecule has 0 aliphatic carbocycles. The highest BCUT2D eigenvalue weighted by Gasteiger charge is 2.43. The Hall–Kier alpha value is -2.79. The summed E-state index contributed by atoms with van der Waals surface area (Å²) in [4.78, 5) is 19.1. The van der Waals surface area contributed by atoms with Gasteiger partial charge >= 0.3 is 0 Å². The number of amides is 1. The van der Waals surface area contributed by atoms with Crippen LogP contribution in [-0.4, -0.2) is 49.5 Å². The number of fused-ring (bicyclic) bond motifs is 1. The van der Waals surface area contributed by atoms with E-state index in [0.29, 0.717) is 11.1 Å². The summed E-state index contributed by atoms with van der Waals surface area (Å²) in [6.07, 6.45) is 1.67. The molecule has 158 valence electrons. The van der Waals surface area contributed by atoms with Crippen LogP contribution in [0.1, 0.15) is 24.8 Å². The van der Waals surface area contributed by atoms with Crippen LogP contribution in [0, 0.1) is 23.2 Å². The van der Waals surface area contributed by atoms with Gasteiger partial charge in [-0.2, -0.15) is 5.26 Å². The summed E-state index contributed by atoms with van der Waals surface area (Å²) in [7, 11) is 0. The standard InChI is InChI=1S/C22H25F2N5O/c23-21(24)17-12-29(13-18(17)22(30)28-15-3-1-8-26-10-7-15)19-6-5-14(11-25)20-16(19)4-2-9-27-20/h2,4-6,9,15,17-18,21,26H,1,3,7-8,10,12-13H2,(H,28,30)/t15?,17-,18?/m1/s1. The van der Waals surface area contributed by atoms with Crippen molar-refractivity contribution in [1.82, 2.24) is 15.6 Å². The monoisotopic (exact) mass is 413 g/mol. The van der Waals surface area contributed by atoms with Gasteiger partial charge in [-0.1, -0.05) is 0 Å². The third-order valence-electron chi connectivity index (χ3n) is 6.16. The second-order valence-corrected chi connectivity index (χ2v) is 8.04. The molecule has 2 N–H and O–H groups in total. The van der Waals surface area contributed by atoms with E-state index in [1.807, 2.05) is 11.0 Å². The van der Waals surface area contributed by atoms with Crippen molar-refractivity contribution in [2.75, 3.05) is 31.1 Å². The molecule has 2 fully saturated rings. The van der Waals surface area contributed by atoms with Crippen LogP contribution in [-0.2, 0) is 4.79 Å². The van der Waals surface area contributed by atoms with Crippen molar-refractivity contribution in [2.24, 2.45) is 11.8 Å².